The molecule has 0 unspecified atom stereocenters. The molecule has 0 aliphatic carbocycles. The molecule has 1 heterocycles. The van der Waals surface area contributed by atoms with Crippen LogP contribution in [0.2, 0.25) is 5.02 Å². The van der Waals surface area contributed by atoms with E-state index in [0.717, 1.165) is 16.9 Å². The number of hydrogen-bond donors (Lipinski definition) is 0. The summed E-state index contributed by atoms with van der Waals surface area (Å²) < 4.78 is 6.82. The fourth-order valence-electron chi connectivity index (χ4n) is 3.60. The molecular weight excluding hydrogens is 470 g/mol. The van der Waals surface area contributed by atoms with Crippen molar-refractivity contribution in [3.05, 3.63) is 93.2 Å². The lowest BCUT2D eigenvalue weighted by molar-refractivity contribution is -0.127. The molecule has 0 aliphatic heterocycles. The maximum absolute atomic E-state index is 13.4. The highest BCUT2D eigenvalue weighted by Crippen LogP contribution is 2.24. The van der Waals surface area contributed by atoms with Crippen LogP contribution in [0.15, 0.2) is 76.7 Å². The average Bonchev–Trinajstić information content (AvgIpc) is 2.82. The average molecular weight is 494 g/mol. The third kappa shape index (κ3) is 5.26. The zero-order chi connectivity index (χ0) is 24.2. The van der Waals surface area contributed by atoms with Crippen molar-refractivity contribution < 1.29 is 9.53 Å². The number of fused-ring (bicyclic) bond motifs is 1. The van der Waals surface area contributed by atoms with Gasteiger partial charge in [-0.2, -0.15) is 0 Å². The molecule has 1 amide bonds. The van der Waals surface area contributed by atoms with Gasteiger partial charge < -0.3 is 9.64 Å². The maximum atomic E-state index is 13.4. The number of methoxy groups -OCH3 is 1. The fourth-order valence-corrected chi connectivity index (χ4v) is 4.72. The highest BCUT2D eigenvalue weighted by molar-refractivity contribution is 7.99. The van der Waals surface area contributed by atoms with Gasteiger partial charge in [-0.05, 0) is 60.5 Å². The van der Waals surface area contributed by atoms with Crippen molar-refractivity contribution in [3.8, 4) is 11.4 Å². The highest BCUT2D eigenvalue weighted by Gasteiger charge is 2.17. The van der Waals surface area contributed by atoms with Gasteiger partial charge in [0.15, 0.2) is 5.16 Å². The third-order valence-electron chi connectivity index (χ3n) is 5.36. The van der Waals surface area contributed by atoms with Crippen molar-refractivity contribution in [2.24, 2.45) is 0 Å². The van der Waals surface area contributed by atoms with Crippen LogP contribution < -0.4 is 10.3 Å². The Hall–Kier alpha value is -3.29. The zero-order valence-corrected chi connectivity index (χ0v) is 20.7. The van der Waals surface area contributed by atoms with Crippen molar-refractivity contribution in [2.75, 3.05) is 19.9 Å². The van der Waals surface area contributed by atoms with E-state index in [1.165, 1.54) is 11.8 Å². The number of carbonyl (C=O) groups excluding carboxylic acids is 1. The minimum atomic E-state index is -0.202. The van der Waals surface area contributed by atoms with Gasteiger partial charge in [0.05, 0.1) is 29.5 Å². The number of hydrogen-bond acceptors (Lipinski definition) is 5. The molecule has 34 heavy (non-hydrogen) atoms. The van der Waals surface area contributed by atoms with Crippen molar-refractivity contribution in [1.29, 1.82) is 0 Å². The van der Waals surface area contributed by atoms with E-state index in [2.05, 4.69) is 0 Å². The van der Waals surface area contributed by atoms with Crippen molar-refractivity contribution in [1.82, 2.24) is 14.5 Å². The largest absolute Gasteiger partial charge is 0.497 e. The van der Waals surface area contributed by atoms with Crippen LogP contribution in [0.4, 0.5) is 0 Å². The molecule has 174 valence electrons. The van der Waals surface area contributed by atoms with Crippen LogP contribution in [0.25, 0.3) is 16.6 Å². The van der Waals surface area contributed by atoms with Crippen molar-refractivity contribution >= 4 is 40.2 Å². The second-order valence-corrected chi connectivity index (χ2v) is 9.30. The highest BCUT2D eigenvalue weighted by atomic mass is 35.5. The lowest BCUT2D eigenvalue weighted by atomic mass is 10.2. The SMILES string of the molecule is COc1cccc(CN(C)C(=O)CSc2nc3cc(Cl)ccc3c(=O)n2-c2cccc(C)c2)c1. The summed E-state index contributed by atoms with van der Waals surface area (Å²) in [5, 5.41) is 1.41. The van der Waals surface area contributed by atoms with Crippen LogP contribution in [0.5, 0.6) is 5.75 Å². The Morgan fingerprint density at radius 1 is 1.12 bits per heavy atom. The van der Waals surface area contributed by atoms with E-state index in [0.29, 0.717) is 33.3 Å². The van der Waals surface area contributed by atoms with E-state index in [9.17, 15) is 9.59 Å². The standard InChI is InChI=1S/C26H24ClN3O3S/c1-17-6-4-8-20(12-17)30-25(32)22-11-10-19(27)14-23(22)28-26(30)34-16-24(31)29(2)15-18-7-5-9-21(13-18)33-3/h4-14H,15-16H2,1-3H3. The first kappa shape index (κ1) is 23.9. The Morgan fingerprint density at radius 3 is 2.68 bits per heavy atom. The first-order chi connectivity index (χ1) is 16.4. The quantitative estimate of drug-likeness (QED) is 0.264. The molecule has 0 radical (unpaired) electrons. The number of rotatable bonds is 7. The predicted molar refractivity (Wildman–Crippen MR) is 137 cm³/mol. The molecule has 4 rings (SSSR count). The number of halogens is 1. The molecule has 1 aromatic heterocycles. The van der Waals surface area contributed by atoms with Gasteiger partial charge in [0.1, 0.15) is 5.75 Å². The first-order valence-electron chi connectivity index (χ1n) is 10.6. The number of carbonyl (C=O) groups is 1. The molecule has 0 aliphatic rings. The van der Waals surface area contributed by atoms with Gasteiger partial charge in [-0.25, -0.2) is 4.98 Å². The molecular formula is C26H24ClN3O3S. The van der Waals surface area contributed by atoms with E-state index in [-0.39, 0.29) is 17.2 Å². The van der Waals surface area contributed by atoms with Gasteiger partial charge in [-0.1, -0.05) is 47.6 Å². The third-order valence-corrected chi connectivity index (χ3v) is 6.52. The van der Waals surface area contributed by atoms with Gasteiger partial charge in [0, 0.05) is 18.6 Å². The maximum Gasteiger partial charge on any atom is 0.266 e. The molecule has 3 aromatic carbocycles. The van der Waals surface area contributed by atoms with Crippen LogP contribution in [0.1, 0.15) is 11.1 Å². The van der Waals surface area contributed by atoms with Gasteiger partial charge in [-0.3, -0.25) is 14.2 Å². The number of ether oxygens (including phenoxy) is 1. The van der Waals surface area contributed by atoms with Crippen LogP contribution in [-0.4, -0.2) is 40.3 Å². The molecule has 0 saturated heterocycles. The normalized spacial score (nSPS) is 10.9. The minimum Gasteiger partial charge on any atom is -0.497 e. The minimum absolute atomic E-state index is 0.0796. The molecule has 0 N–H and O–H groups in total. The van der Waals surface area contributed by atoms with E-state index in [4.69, 9.17) is 21.3 Å². The summed E-state index contributed by atoms with van der Waals surface area (Å²) in [5.74, 6) is 0.795. The summed E-state index contributed by atoms with van der Waals surface area (Å²) >= 11 is 7.37. The number of aromatic nitrogens is 2. The number of amides is 1. The molecule has 8 heteroatoms. The molecule has 0 fully saturated rings. The lowest BCUT2D eigenvalue weighted by Crippen LogP contribution is -2.28. The molecule has 0 spiro atoms. The monoisotopic (exact) mass is 493 g/mol. The Morgan fingerprint density at radius 2 is 1.91 bits per heavy atom. The smallest absolute Gasteiger partial charge is 0.266 e. The molecule has 6 nitrogen and oxygen atoms in total. The Balaban J connectivity index is 1.63. The lowest BCUT2D eigenvalue weighted by Gasteiger charge is -2.18. The predicted octanol–water partition coefficient (Wildman–Crippen LogP) is 5.11. The van der Waals surface area contributed by atoms with Crippen molar-refractivity contribution in [3.63, 3.8) is 0 Å². The molecule has 0 atom stereocenters. The summed E-state index contributed by atoms with van der Waals surface area (Å²) in [4.78, 5) is 32.7. The summed E-state index contributed by atoms with van der Waals surface area (Å²) in [6.07, 6.45) is 0. The first-order valence-corrected chi connectivity index (χ1v) is 12.0. The number of aryl methyl sites for hydroxylation is 1. The van der Waals surface area contributed by atoms with Crippen LogP contribution in [0.3, 0.4) is 0 Å². The van der Waals surface area contributed by atoms with E-state index < -0.39 is 0 Å². The van der Waals surface area contributed by atoms with Gasteiger partial charge in [0.2, 0.25) is 5.91 Å². The number of nitrogens with zero attached hydrogens (tertiary/aromatic N) is 3. The second kappa shape index (κ2) is 10.3. The Bertz CT molecular complexity index is 1420. The number of benzene rings is 3. The van der Waals surface area contributed by atoms with Crippen molar-refractivity contribution in [2.45, 2.75) is 18.6 Å². The van der Waals surface area contributed by atoms with E-state index in [1.807, 2.05) is 55.5 Å². The fraction of sp³-hybridized carbons (Fsp3) is 0.192. The van der Waals surface area contributed by atoms with Crippen LogP contribution in [-0.2, 0) is 11.3 Å². The van der Waals surface area contributed by atoms with E-state index >= 15 is 0 Å². The summed E-state index contributed by atoms with van der Waals surface area (Å²) in [7, 11) is 3.37. The number of thioether (sulfide) groups is 1. The van der Waals surface area contributed by atoms with E-state index in [1.54, 1.807) is 41.8 Å². The van der Waals surface area contributed by atoms with Gasteiger partial charge in [0.25, 0.3) is 5.56 Å². The topological polar surface area (TPSA) is 64.4 Å². The molecule has 4 aromatic rings. The molecule has 0 saturated carbocycles. The van der Waals surface area contributed by atoms with Crippen LogP contribution >= 0.6 is 23.4 Å². The zero-order valence-electron chi connectivity index (χ0n) is 19.1. The summed E-state index contributed by atoms with van der Waals surface area (Å²) in [6, 6.07) is 20.3. The Kier molecular flexibility index (Phi) is 7.24. The molecule has 0 bridgehead atoms. The summed E-state index contributed by atoms with van der Waals surface area (Å²) in [5.41, 5.74) is 2.99. The summed E-state index contributed by atoms with van der Waals surface area (Å²) in [6.45, 7) is 2.41. The van der Waals surface area contributed by atoms with Gasteiger partial charge >= 0.3 is 0 Å². The Labute approximate surface area is 207 Å². The van der Waals surface area contributed by atoms with Gasteiger partial charge in [-0.15, -0.1) is 0 Å². The van der Waals surface area contributed by atoms with Crippen LogP contribution in [0, 0.1) is 6.92 Å². The second-order valence-electron chi connectivity index (χ2n) is 7.93.